The third kappa shape index (κ3) is 3.50. The standard InChI is InChI=1S/C18H23NO3/c1-4-5-6-9-18(20)19-12-7-8-16(19)15-11-10-14(21-2)13-17(15)22-3/h4-6,9-11,13,16H,7-8,12H2,1-3H3/b5-4+,9-6-. The minimum absolute atomic E-state index is 0.0403. The van der Waals surface area contributed by atoms with Crippen LogP contribution in [0.15, 0.2) is 42.5 Å². The van der Waals surface area contributed by atoms with Crippen molar-refractivity contribution in [2.24, 2.45) is 0 Å². The van der Waals surface area contributed by atoms with E-state index in [0.29, 0.717) is 0 Å². The highest BCUT2D eigenvalue weighted by atomic mass is 16.5. The first-order valence-electron chi connectivity index (χ1n) is 7.53. The Morgan fingerprint density at radius 3 is 2.77 bits per heavy atom. The number of hydrogen-bond donors (Lipinski definition) is 0. The number of carbonyl (C=O) groups is 1. The number of amides is 1. The third-order valence-electron chi connectivity index (χ3n) is 3.88. The van der Waals surface area contributed by atoms with Gasteiger partial charge in [0.15, 0.2) is 0 Å². The Kier molecular flexibility index (Phi) is 5.64. The van der Waals surface area contributed by atoms with Gasteiger partial charge in [0.25, 0.3) is 0 Å². The van der Waals surface area contributed by atoms with Gasteiger partial charge in [0.1, 0.15) is 11.5 Å². The number of ether oxygens (including phenoxy) is 2. The quantitative estimate of drug-likeness (QED) is 0.617. The number of rotatable bonds is 5. The number of methoxy groups -OCH3 is 2. The summed E-state index contributed by atoms with van der Waals surface area (Å²) in [5, 5.41) is 0. The van der Waals surface area contributed by atoms with Crippen LogP contribution in [-0.4, -0.2) is 31.6 Å². The van der Waals surface area contributed by atoms with Crippen LogP contribution in [0, 0.1) is 0 Å². The molecule has 4 nitrogen and oxygen atoms in total. The predicted molar refractivity (Wildman–Crippen MR) is 87.2 cm³/mol. The monoisotopic (exact) mass is 301 g/mol. The van der Waals surface area contributed by atoms with Gasteiger partial charge in [-0.2, -0.15) is 0 Å². The average Bonchev–Trinajstić information content (AvgIpc) is 3.03. The molecular weight excluding hydrogens is 278 g/mol. The summed E-state index contributed by atoms with van der Waals surface area (Å²) >= 11 is 0. The number of hydrogen-bond acceptors (Lipinski definition) is 3. The van der Waals surface area contributed by atoms with E-state index in [4.69, 9.17) is 9.47 Å². The molecule has 1 heterocycles. The fourth-order valence-corrected chi connectivity index (χ4v) is 2.79. The molecule has 118 valence electrons. The summed E-state index contributed by atoms with van der Waals surface area (Å²) in [6, 6.07) is 5.83. The van der Waals surface area contributed by atoms with E-state index in [2.05, 4.69) is 0 Å². The smallest absolute Gasteiger partial charge is 0.247 e. The molecule has 1 fully saturated rings. The molecule has 1 unspecified atom stereocenters. The van der Waals surface area contributed by atoms with Crippen LogP contribution < -0.4 is 9.47 Å². The average molecular weight is 301 g/mol. The lowest BCUT2D eigenvalue weighted by Gasteiger charge is -2.25. The van der Waals surface area contributed by atoms with Gasteiger partial charge in [0, 0.05) is 24.3 Å². The molecule has 0 aromatic heterocycles. The molecule has 2 rings (SSSR count). The van der Waals surface area contributed by atoms with E-state index in [1.54, 1.807) is 26.4 Å². The third-order valence-corrected chi connectivity index (χ3v) is 3.88. The molecule has 0 aliphatic carbocycles. The number of benzene rings is 1. The Balaban J connectivity index is 2.25. The van der Waals surface area contributed by atoms with Crippen molar-refractivity contribution in [3.05, 3.63) is 48.1 Å². The van der Waals surface area contributed by atoms with Gasteiger partial charge in [-0.15, -0.1) is 0 Å². The van der Waals surface area contributed by atoms with E-state index < -0.39 is 0 Å². The van der Waals surface area contributed by atoms with Crippen LogP contribution in [-0.2, 0) is 4.79 Å². The SMILES string of the molecule is C/C=C/C=C\C(=O)N1CCCC1c1ccc(OC)cc1OC. The van der Waals surface area contributed by atoms with Gasteiger partial charge in [0.2, 0.25) is 5.91 Å². The summed E-state index contributed by atoms with van der Waals surface area (Å²) in [7, 11) is 3.28. The maximum atomic E-state index is 12.4. The van der Waals surface area contributed by atoms with Crippen molar-refractivity contribution in [3.63, 3.8) is 0 Å². The van der Waals surface area contributed by atoms with Gasteiger partial charge in [0.05, 0.1) is 20.3 Å². The Morgan fingerprint density at radius 2 is 2.09 bits per heavy atom. The first-order valence-corrected chi connectivity index (χ1v) is 7.53. The number of nitrogens with zero attached hydrogens (tertiary/aromatic N) is 1. The molecule has 0 N–H and O–H groups in total. The largest absolute Gasteiger partial charge is 0.497 e. The molecule has 1 aliphatic rings. The van der Waals surface area contributed by atoms with Crippen LogP contribution in [0.5, 0.6) is 11.5 Å². The van der Waals surface area contributed by atoms with Crippen LogP contribution in [0.3, 0.4) is 0 Å². The van der Waals surface area contributed by atoms with Gasteiger partial charge < -0.3 is 14.4 Å². The molecule has 0 saturated carbocycles. The molecular formula is C18H23NO3. The lowest BCUT2D eigenvalue weighted by Crippen LogP contribution is -2.29. The highest BCUT2D eigenvalue weighted by molar-refractivity contribution is 5.88. The minimum atomic E-state index is 0.0403. The Morgan fingerprint density at radius 1 is 1.27 bits per heavy atom. The molecule has 1 saturated heterocycles. The summed E-state index contributed by atoms with van der Waals surface area (Å²) in [6.07, 6.45) is 9.11. The first-order chi connectivity index (χ1) is 10.7. The second-order valence-electron chi connectivity index (χ2n) is 5.18. The van der Waals surface area contributed by atoms with Crippen molar-refractivity contribution < 1.29 is 14.3 Å². The van der Waals surface area contributed by atoms with Gasteiger partial charge in [-0.1, -0.05) is 18.2 Å². The van der Waals surface area contributed by atoms with Crippen LogP contribution in [0.4, 0.5) is 0 Å². The summed E-state index contributed by atoms with van der Waals surface area (Å²) in [5.41, 5.74) is 1.04. The van der Waals surface area contributed by atoms with E-state index in [1.807, 2.05) is 42.2 Å². The Bertz CT molecular complexity index is 578. The molecule has 0 radical (unpaired) electrons. The zero-order chi connectivity index (χ0) is 15.9. The van der Waals surface area contributed by atoms with E-state index in [-0.39, 0.29) is 11.9 Å². The van der Waals surface area contributed by atoms with Gasteiger partial charge in [-0.25, -0.2) is 0 Å². The van der Waals surface area contributed by atoms with Crippen LogP contribution in [0.2, 0.25) is 0 Å². The van der Waals surface area contributed by atoms with Crippen molar-refractivity contribution in [2.45, 2.75) is 25.8 Å². The molecule has 0 bridgehead atoms. The van der Waals surface area contributed by atoms with E-state index in [9.17, 15) is 4.79 Å². The van der Waals surface area contributed by atoms with Crippen molar-refractivity contribution in [1.82, 2.24) is 4.90 Å². The Hall–Kier alpha value is -2.23. The second-order valence-corrected chi connectivity index (χ2v) is 5.18. The molecule has 1 aliphatic heterocycles. The molecule has 0 spiro atoms. The first kappa shape index (κ1) is 16.1. The summed E-state index contributed by atoms with van der Waals surface area (Å²) < 4.78 is 10.7. The lowest BCUT2D eigenvalue weighted by atomic mass is 10.0. The van der Waals surface area contributed by atoms with Crippen LogP contribution >= 0.6 is 0 Å². The molecule has 1 aromatic carbocycles. The second kappa shape index (κ2) is 7.69. The number of carbonyl (C=O) groups excluding carboxylic acids is 1. The van der Waals surface area contributed by atoms with Crippen molar-refractivity contribution in [2.75, 3.05) is 20.8 Å². The molecule has 22 heavy (non-hydrogen) atoms. The highest BCUT2D eigenvalue weighted by Gasteiger charge is 2.30. The van der Waals surface area contributed by atoms with Crippen molar-refractivity contribution >= 4 is 5.91 Å². The number of likely N-dealkylation sites (tertiary alicyclic amines) is 1. The minimum Gasteiger partial charge on any atom is -0.497 e. The zero-order valence-electron chi connectivity index (χ0n) is 13.4. The normalized spacial score (nSPS) is 18.3. The summed E-state index contributed by atoms with van der Waals surface area (Å²) in [5.74, 6) is 1.56. The molecule has 1 amide bonds. The molecule has 1 aromatic rings. The summed E-state index contributed by atoms with van der Waals surface area (Å²) in [6.45, 7) is 2.70. The van der Waals surface area contributed by atoms with Crippen LogP contribution in [0.1, 0.15) is 31.4 Å². The molecule has 1 atom stereocenters. The van der Waals surface area contributed by atoms with Gasteiger partial charge >= 0.3 is 0 Å². The van der Waals surface area contributed by atoms with E-state index in [0.717, 1.165) is 36.4 Å². The maximum absolute atomic E-state index is 12.4. The van der Waals surface area contributed by atoms with E-state index >= 15 is 0 Å². The van der Waals surface area contributed by atoms with Gasteiger partial charge in [-0.3, -0.25) is 4.79 Å². The van der Waals surface area contributed by atoms with E-state index in [1.165, 1.54) is 0 Å². The lowest BCUT2D eigenvalue weighted by molar-refractivity contribution is -0.126. The maximum Gasteiger partial charge on any atom is 0.247 e. The highest BCUT2D eigenvalue weighted by Crippen LogP contribution is 2.38. The number of allylic oxidation sites excluding steroid dienone is 3. The van der Waals surface area contributed by atoms with Crippen molar-refractivity contribution in [1.29, 1.82) is 0 Å². The molecule has 4 heteroatoms. The van der Waals surface area contributed by atoms with Crippen LogP contribution in [0.25, 0.3) is 0 Å². The fraction of sp³-hybridized carbons (Fsp3) is 0.389. The predicted octanol–water partition coefficient (Wildman–Crippen LogP) is 3.50. The van der Waals surface area contributed by atoms with Crippen molar-refractivity contribution in [3.8, 4) is 11.5 Å². The fourth-order valence-electron chi connectivity index (χ4n) is 2.79. The summed E-state index contributed by atoms with van der Waals surface area (Å²) in [4.78, 5) is 14.3. The topological polar surface area (TPSA) is 38.8 Å². The Labute approximate surface area is 132 Å². The zero-order valence-corrected chi connectivity index (χ0v) is 13.4. The van der Waals surface area contributed by atoms with Gasteiger partial charge in [-0.05, 0) is 31.9 Å².